The smallest absolute Gasteiger partial charge is 0.192 e. The highest BCUT2D eigenvalue weighted by atomic mass is 35.5. The molecule has 1 aromatic heterocycles. The molecule has 0 atom stereocenters. The van der Waals surface area contributed by atoms with Gasteiger partial charge in [-0.05, 0) is 50.7 Å². The van der Waals surface area contributed by atoms with Crippen molar-refractivity contribution >= 4 is 35.0 Å². The average molecular weight is 342 g/mol. The highest BCUT2D eigenvalue weighted by Crippen LogP contribution is 2.30. The monoisotopic (exact) mass is 341 g/mol. The molecule has 0 spiro atoms. The van der Waals surface area contributed by atoms with Crippen LogP contribution in [0.25, 0.3) is 0 Å². The van der Waals surface area contributed by atoms with Crippen molar-refractivity contribution in [2.75, 3.05) is 0 Å². The van der Waals surface area contributed by atoms with Crippen molar-refractivity contribution < 1.29 is 0 Å². The van der Waals surface area contributed by atoms with Crippen LogP contribution in [-0.2, 0) is 6.54 Å². The first-order valence-corrected chi connectivity index (χ1v) is 8.09. The number of aromatic nitrogens is 2. The second-order valence-corrected chi connectivity index (χ2v) is 7.51. The zero-order valence-electron chi connectivity index (χ0n) is 12.2. The number of benzene rings is 1. The molecule has 1 aromatic carbocycles. The summed E-state index contributed by atoms with van der Waals surface area (Å²) in [7, 11) is 0. The fourth-order valence-corrected chi connectivity index (χ4v) is 2.60. The van der Waals surface area contributed by atoms with E-state index in [0.29, 0.717) is 15.2 Å². The van der Waals surface area contributed by atoms with E-state index < -0.39 is 0 Å². The number of rotatable bonds is 4. The van der Waals surface area contributed by atoms with Crippen molar-refractivity contribution in [1.82, 2.24) is 15.3 Å². The summed E-state index contributed by atoms with van der Waals surface area (Å²) in [4.78, 5) is 9.69. The zero-order valence-corrected chi connectivity index (χ0v) is 14.5. The maximum atomic E-state index is 5.99. The first-order valence-electron chi connectivity index (χ1n) is 6.52. The van der Waals surface area contributed by atoms with Crippen LogP contribution in [0.3, 0.4) is 0 Å². The number of nitrogens with zero attached hydrogens (tertiary/aromatic N) is 2. The van der Waals surface area contributed by atoms with Gasteiger partial charge in [0.25, 0.3) is 0 Å². The highest BCUT2D eigenvalue weighted by molar-refractivity contribution is 7.99. The molecule has 0 amide bonds. The Hall–Kier alpha value is -0.810. The predicted molar refractivity (Wildman–Crippen MR) is 89.2 cm³/mol. The van der Waals surface area contributed by atoms with Crippen molar-refractivity contribution in [3.63, 3.8) is 0 Å². The van der Waals surface area contributed by atoms with Gasteiger partial charge in [0.05, 0.1) is 10.0 Å². The Labute approximate surface area is 139 Å². The lowest BCUT2D eigenvalue weighted by Crippen LogP contribution is -2.35. The molecule has 0 unspecified atom stereocenters. The van der Waals surface area contributed by atoms with E-state index >= 15 is 0 Å². The third kappa shape index (κ3) is 5.47. The van der Waals surface area contributed by atoms with Crippen molar-refractivity contribution in [2.45, 2.75) is 42.9 Å². The van der Waals surface area contributed by atoms with Crippen LogP contribution in [0, 0.1) is 0 Å². The zero-order chi connectivity index (χ0) is 15.5. The normalized spacial score (nSPS) is 11.7. The molecule has 0 radical (unpaired) electrons. The van der Waals surface area contributed by atoms with E-state index in [1.807, 2.05) is 24.5 Å². The van der Waals surface area contributed by atoms with Gasteiger partial charge in [-0.2, -0.15) is 0 Å². The van der Waals surface area contributed by atoms with Gasteiger partial charge in [0.15, 0.2) is 5.16 Å². The third-order valence-electron chi connectivity index (χ3n) is 2.60. The van der Waals surface area contributed by atoms with Crippen molar-refractivity contribution in [3.05, 3.63) is 46.2 Å². The number of halogens is 2. The lowest BCUT2D eigenvalue weighted by Gasteiger charge is -2.20. The van der Waals surface area contributed by atoms with Gasteiger partial charge in [0, 0.05) is 34.9 Å². The minimum atomic E-state index is 0.0769. The van der Waals surface area contributed by atoms with E-state index in [4.69, 9.17) is 23.2 Å². The van der Waals surface area contributed by atoms with Crippen molar-refractivity contribution in [2.24, 2.45) is 0 Å². The lowest BCUT2D eigenvalue weighted by atomic mass is 10.1. The van der Waals surface area contributed by atoms with Crippen LogP contribution in [0.1, 0.15) is 26.3 Å². The molecule has 1 N–H and O–H groups in total. The van der Waals surface area contributed by atoms with Gasteiger partial charge in [0.1, 0.15) is 0 Å². The highest BCUT2D eigenvalue weighted by Gasteiger charge is 2.09. The molecule has 1 heterocycles. The maximum Gasteiger partial charge on any atom is 0.192 e. The lowest BCUT2D eigenvalue weighted by molar-refractivity contribution is 0.423. The Morgan fingerprint density at radius 3 is 2.33 bits per heavy atom. The van der Waals surface area contributed by atoms with E-state index in [1.165, 1.54) is 11.8 Å². The van der Waals surface area contributed by atoms with Crippen LogP contribution >= 0.6 is 35.0 Å². The van der Waals surface area contributed by atoms with Gasteiger partial charge in [-0.3, -0.25) is 0 Å². The molecule has 0 fully saturated rings. The van der Waals surface area contributed by atoms with Gasteiger partial charge < -0.3 is 5.32 Å². The van der Waals surface area contributed by atoms with Gasteiger partial charge in [-0.15, -0.1) is 0 Å². The fourth-order valence-electron chi connectivity index (χ4n) is 1.50. The standard InChI is InChI=1S/C15H17Cl2N3S/c1-15(2,3)20-9-10-7-18-14(19-8-10)21-11-4-5-12(16)13(17)6-11/h4-8,20H,9H2,1-3H3. The van der Waals surface area contributed by atoms with Crippen LogP contribution in [0.15, 0.2) is 40.6 Å². The molecule has 0 aliphatic rings. The minimum absolute atomic E-state index is 0.0769. The summed E-state index contributed by atoms with van der Waals surface area (Å²) in [5.41, 5.74) is 1.14. The van der Waals surface area contributed by atoms with E-state index in [0.717, 1.165) is 17.0 Å². The first kappa shape index (κ1) is 16.6. The average Bonchev–Trinajstić information content (AvgIpc) is 2.41. The van der Waals surface area contributed by atoms with Crippen molar-refractivity contribution in [3.8, 4) is 0 Å². The summed E-state index contributed by atoms with van der Waals surface area (Å²) >= 11 is 13.3. The number of hydrogen-bond acceptors (Lipinski definition) is 4. The van der Waals surface area contributed by atoms with E-state index in [1.54, 1.807) is 6.07 Å². The maximum absolute atomic E-state index is 5.99. The summed E-state index contributed by atoms with van der Waals surface area (Å²) in [6.07, 6.45) is 3.68. The minimum Gasteiger partial charge on any atom is -0.308 e. The Morgan fingerprint density at radius 1 is 1.10 bits per heavy atom. The van der Waals surface area contributed by atoms with Crippen LogP contribution in [-0.4, -0.2) is 15.5 Å². The molecule has 0 aliphatic carbocycles. The van der Waals surface area contributed by atoms with Gasteiger partial charge in [0.2, 0.25) is 0 Å². The van der Waals surface area contributed by atoms with E-state index in [2.05, 4.69) is 36.1 Å². The van der Waals surface area contributed by atoms with Crippen molar-refractivity contribution in [1.29, 1.82) is 0 Å². The van der Waals surface area contributed by atoms with Gasteiger partial charge in [-0.1, -0.05) is 23.2 Å². The topological polar surface area (TPSA) is 37.8 Å². The Bertz CT molecular complexity index is 609. The van der Waals surface area contributed by atoms with Crippen LogP contribution in [0.4, 0.5) is 0 Å². The summed E-state index contributed by atoms with van der Waals surface area (Å²) in [5, 5.41) is 5.17. The second kappa shape index (κ2) is 6.97. The van der Waals surface area contributed by atoms with E-state index in [9.17, 15) is 0 Å². The molecule has 0 bridgehead atoms. The largest absolute Gasteiger partial charge is 0.308 e. The number of hydrogen-bond donors (Lipinski definition) is 1. The summed E-state index contributed by atoms with van der Waals surface area (Å²) in [6, 6.07) is 5.48. The molecular formula is C15H17Cl2N3S. The van der Waals surface area contributed by atoms with Crippen LogP contribution in [0.5, 0.6) is 0 Å². The molecule has 6 heteroatoms. The van der Waals surface area contributed by atoms with Gasteiger partial charge >= 0.3 is 0 Å². The first-order chi connectivity index (χ1) is 9.83. The molecule has 0 aliphatic heterocycles. The molecule has 0 saturated carbocycles. The summed E-state index contributed by atoms with van der Waals surface area (Å²) in [5.74, 6) is 0. The van der Waals surface area contributed by atoms with E-state index in [-0.39, 0.29) is 5.54 Å². The molecule has 0 saturated heterocycles. The second-order valence-electron chi connectivity index (χ2n) is 5.66. The quantitative estimate of drug-likeness (QED) is 0.808. The fraction of sp³-hybridized carbons (Fsp3) is 0.333. The van der Waals surface area contributed by atoms with Crippen LogP contribution < -0.4 is 5.32 Å². The molecule has 2 rings (SSSR count). The Kier molecular flexibility index (Phi) is 5.49. The molecular weight excluding hydrogens is 325 g/mol. The summed E-state index contributed by atoms with van der Waals surface area (Å²) in [6.45, 7) is 7.13. The Balaban J connectivity index is 2.00. The molecule has 2 aromatic rings. The third-order valence-corrected chi connectivity index (χ3v) is 4.23. The molecule has 3 nitrogen and oxygen atoms in total. The number of nitrogens with one attached hydrogen (secondary N) is 1. The van der Waals surface area contributed by atoms with Crippen LogP contribution in [0.2, 0.25) is 10.0 Å². The molecule has 112 valence electrons. The Morgan fingerprint density at radius 2 is 1.76 bits per heavy atom. The molecule has 21 heavy (non-hydrogen) atoms. The predicted octanol–water partition coefficient (Wildman–Crippen LogP) is 4.82. The SMILES string of the molecule is CC(C)(C)NCc1cnc(Sc2ccc(Cl)c(Cl)c2)nc1. The summed E-state index contributed by atoms with van der Waals surface area (Å²) < 4.78 is 0. The van der Waals surface area contributed by atoms with Gasteiger partial charge in [-0.25, -0.2) is 9.97 Å².